The molecular weight excluding hydrogens is 250 g/mol. The van der Waals surface area contributed by atoms with Crippen LogP contribution in [-0.2, 0) is 17.7 Å². The number of benzene rings is 1. The van der Waals surface area contributed by atoms with Crippen molar-refractivity contribution >= 4 is 0 Å². The Balaban J connectivity index is 1.51. The maximum atomic E-state index is 5.79. The third-order valence-electron chi connectivity index (χ3n) is 3.17. The molecule has 0 bridgehead atoms. The summed E-state index contributed by atoms with van der Waals surface area (Å²) in [6, 6.07) is 14.4. The summed E-state index contributed by atoms with van der Waals surface area (Å²) in [7, 11) is 0. The molecule has 20 heavy (non-hydrogen) atoms. The zero-order valence-corrected chi connectivity index (χ0v) is 12.0. The molecule has 0 aliphatic rings. The SMILES string of the molecule is CC(CNCc1ccco1)OCCCc1ccccc1. The van der Waals surface area contributed by atoms with E-state index in [1.54, 1.807) is 6.26 Å². The Morgan fingerprint density at radius 3 is 2.75 bits per heavy atom. The molecule has 1 heterocycles. The summed E-state index contributed by atoms with van der Waals surface area (Å²) in [6.07, 6.45) is 4.06. The fourth-order valence-corrected chi connectivity index (χ4v) is 2.08. The Morgan fingerprint density at radius 2 is 2.00 bits per heavy atom. The summed E-state index contributed by atoms with van der Waals surface area (Å²) in [4.78, 5) is 0. The molecule has 0 saturated carbocycles. The molecule has 1 unspecified atom stereocenters. The Morgan fingerprint density at radius 1 is 1.15 bits per heavy atom. The van der Waals surface area contributed by atoms with Gasteiger partial charge in [-0.15, -0.1) is 0 Å². The molecule has 1 aromatic heterocycles. The van der Waals surface area contributed by atoms with Crippen LogP contribution in [0.15, 0.2) is 53.1 Å². The molecule has 0 saturated heterocycles. The van der Waals surface area contributed by atoms with Crippen molar-refractivity contribution in [2.75, 3.05) is 13.2 Å². The van der Waals surface area contributed by atoms with E-state index in [4.69, 9.17) is 9.15 Å². The van der Waals surface area contributed by atoms with Crippen molar-refractivity contribution in [3.05, 3.63) is 60.1 Å². The van der Waals surface area contributed by atoms with Crippen molar-refractivity contribution in [2.45, 2.75) is 32.4 Å². The summed E-state index contributed by atoms with van der Waals surface area (Å²) >= 11 is 0. The van der Waals surface area contributed by atoms with Crippen LogP contribution in [0, 0.1) is 0 Å². The van der Waals surface area contributed by atoms with Crippen LogP contribution in [0.25, 0.3) is 0 Å². The van der Waals surface area contributed by atoms with Crippen molar-refractivity contribution < 1.29 is 9.15 Å². The van der Waals surface area contributed by atoms with Gasteiger partial charge in [-0.05, 0) is 37.5 Å². The molecule has 0 spiro atoms. The molecule has 0 amide bonds. The summed E-state index contributed by atoms with van der Waals surface area (Å²) < 4.78 is 11.0. The van der Waals surface area contributed by atoms with Crippen molar-refractivity contribution in [2.24, 2.45) is 0 Å². The van der Waals surface area contributed by atoms with E-state index in [0.717, 1.165) is 38.3 Å². The Labute approximate surface area is 121 Å². The van der Waals surface area contributed by atoms with Crippen molar-refractivity contribution in [3.8, 4) is 0 Å². The second kappa shape index (κ2) is 8.56. The molecule has 108 valence electrons. The van der Waals surface area contributed by atoms with E-state index < -0.39 is 0 Å². The smallest absolute Gasteiger partial charge is 0.117 e. The van der Waals surface area contributed by atoms with Crippen molar-refractivity contribution in [1.82, 2.24) is 5.32 Å². The van der Waals surface area contributed by atoms with E-state index in [2.05, 4.69) is 36.5 Å². The van der Waals surface area contributed by atoms with Gasteiger partial charge >= 0.3 is 0 Å². The van der Waals surface area contributed by atoms with Crippen LogP contribution in [0.3, 0.4) is 0 Å². The minimum absolute atomic E-state index is 0.223. The monoisotopic (exact) mass is 273 g/mol. The zero-order chi connectivity index (χ0) is 14.0. The second-order valence-corrected chi connectivity index (χ2v) is 4.98. The lowest BCUT2D eigenvalue weighted by atomic mass is 10.1. The molecule has 1 aromatic carbocycles. The first kappa shape index (κ1) is 14.8. The summed E-state index contributed by atoms with van der Waals surface area (Å²) in [6.45, 7) is 4.49. The maximum Gasteiger partial charge on any atom is 0.117 e. The molecule has 1 atom stereocenters. The van der Waals surface area contributed by atoms with Crippen LogP contribution in [0.1, 0.15) is 24.7 Å². The number of aryl methyl sites for hydroxylation is 1. The number of hydrogen-bond donors (Lipinski definition) is 1. The lowest BCUT2D eigenvalue weighted by molar-refractivity contribution is 0.0639. The Kier molecular flexibility index (Phi) is 6.35. The van der Waals surface area contributed by atoms with Gasteiger partial charge in [0.05, 0.1) is 18.9 Å². The molecule has 3 nitrogen and oxygen atoms in total. The number of nitrogens with one attached hydrogen (secondary N) is 1. The van der Waals surface area contributed by atoms with Crippen LogP contribution in [0.2, 0.25) is 0 Å². The number of furan rings is 1. The van der Waals surface area contributed by atoms with Gasteiger partial charge in [0.15, 0.2) is 0 Å². The van der Waals surface area contributed by atoms with Gasteiger partial charge in [0.2, 0.25) is 0 Å². The van der Waals surface area contributed by atoms with Gasteiger partial charge in [-0.3, -0.25) is 0 Å². The van der Waals surface area contributed by atoms with Crippen LogP contribution in [0.5, 0.6) is 0 Å². The highest BCUT2D eigenvalue weighted by Crippen LogP contribution is 2.03. The van der Waals surface area contributed by atoms with Gasteiger partial charge in [-0.1, -0.05) is 30.3 Å². The minimum atomic E-state index is 0.223. The summed E-state index contributed by atoms with van der Waals surface area (Å²) in [5, 5.41) is 3.33. The van der Waals surface area contributed by atoms with Crippen molar-refractivity contribution in [3.63, 3.8) is 0 Å². The molecule has 2 aromatic rings. The first-order valence-electron chi connectivity index (χ1n) is 7.23. The molecule has 2 rings (SSSR count). The Bertz CT molecular complexity index is 453. The maximum absolute atomic E-state index is 5.79. The molecule has 0 radical (unpaired) electrons. The zero-order valence-electron chi connectivity index (χ0n) is 12.0. The highest BCUT2D eigenvalue weighted by molar-refractivity contribution is 5.14. The predicted molar refractivity (Wildman–Crippen MR) is 80.6 cm³/mol. The third kappa shape index (κ3) is 5.59. The van der Waals surface area contributed by atoms with E-state index in [1.807, 2.05) is 18.2 Å². The fraction of sp³-hybridized carbons (Fsp3) is 0.412. The number of hydrogen-bond acceptors (Lipinski definition) is 3. The average Bonchev–Trinajstić information content (AvgIpc) is 2.98. The Hall–Kier alpha value is -1.58. The first-order chi connectivity index (χ1) is 9.84. The summed E-state index contributed by atoms with van der Waals surface area (Å²) in [5.74, 6) is 0.960. The first-order valence-corrected chi connectivity index (χ1v) is 7.23. The second-order valence-electron chi connectivity index (χ2n) is 4.98. The molecule has 0 aliphatic carbocycles. The number of ether oxygens (including phenoxy) is 1. The lowest BCUT2D eigenvalue weighted by Gasteiger charge is -2.13. The van der Waals surface area contributed by atoms with E-state index in [0.29, 0.717) is 0 Å². The molecule has 3 heteroatoms. The van der Waals surface area contributed by atoms with Gasteiger partial charge in [0.25, 0.3) is 0 Å². The van der Waals surface area contributed by atoms with E-state index in [9.17, 15) is 0 Å². The molecule has 0 fully saturated rings. The van der Waals surface area contributed by atoms with Gasteiger partial charge < -0.3 is 14.5 Å². The highest BCUT2D eigenvalue weighted by atomic mass is 16.5. The van der Waals surface area contributed by atoms with E-state index >= 15 is 0 Å². The van der Waals surface area contributed by atoms with Crippen LogP contribution >= 0.6 is 0 Å². The van der Waals surface area contributed by atoms with Crippen molar-refractivity contribution in [1.29, 1.82) is 0 Å². The normalized spacial score (nSPS) is 12.4. The van der Waals surface area contributed by atoms with Crippen LogP contribution in [-0.4, -0.2) is 19.3 Å². The van der Waals surface area contributed by atoms with Crippen LogP contribution in [0.4, 0.5) is 0 Å². The van der Waals surface area contributed by atoms with Gasteiger partial charge in [-0.25, -0.2) is 0 Å². The van der Waals surface area contributed by atoms with E-state index in [-0.39, 0.29) is 6.10 Å². The summed E-state index contributed by atoms with van der Waals surface area (Å²) in [5.41, 5.74) is 1.37. The standard InChI is InChI=1S/C17H23NO2/c1-15(13-18-14-17-10-6-12-20-17)19-11-5-9-16-7-3-2-4-8-16/h2-4,6-8,10,12,15,18H,5,9,11,13-14H2,1H3. The number of rotatable bonds is 9. The van der Waals surface area contributed by atoms with Gasteiger partial charge in [-0.2, -0.15) is 0 Å². The lowest BCUT2D eigenvalue weighted by Crippen LogP contribution is -2.26. The van der Waals surface area contributed by atoms with Gasteiger partial charge in [0.1, 0.15) is 5.76 Å². The van der Waals surface area contributed by atoms with E-state index in [1.165, 1.54) is 5.56 Å². The minimum Gasteiger partial charge on any atom is -0.468 e. The quantitative estimate of drug-likeness (QED) is 0.711. The predicted octanol–water partition coefficient (Wildman–Crippen LogP) is 3.41. The highest BCUT2D eigenvalue weighted by Gasteiger charge is 2.02. The van der Waals surface area contributed by atoms with Crippen LogP contribution < -0.4 is 5.32 Å². The van der Waals surface area contributed by atoms with Gasteiger partial charge in [0, 0.05) is 13.2 Å². The third-order valence-corrected chi connectivity index (χ3v) is 3.17. The molecular formula is C17H23NO2. The topological polar surface area (TPSA) is 34.4 Å². The average molecular weight is 273 g/mol. The molecule has 1 N–H and O–H groups in total. The molecule has 0 aliphatic heterocycles. The largest absolute Gasteiger partial charge is 0.468 e. The fourth-order valence-electron chi connectivity index (χ4n) is 2.08.